The fraction of sp³-hybridized carbons (Fsp3) is 0.320. The second-order valence-electron chi connectivity index (χ2n) is 8.27. The Labute approximate surface area is 187 Å². The summed E-state index contributed by atoms with van der Waals surface area (Å²) < 4.78 is 5.72. The minimum absolute atomic E-state index is 0.00533. The molecule has 0 saturated carbocycles. The number of nitrogens with zero attached hydrogens (tertiary/aromatic N) is 3. The van der Waals surface area contributed by atoms with E-state index >= 15 is 0 Å². The topological polar surface area (TPSA) is 102 Å². The Kier molecular flexibility index (Phi) is 6.24. The van der Waals surface area contributed by atoms with E-state index in [-0.39, 0.29) is 12.5 Å². The molecule has 0 radical (unpaired) electrons. The van der Waals surface area contributed by atoms with Crippen molar-refractivity contribution in [3.63, 3.8) is 0 Å². The molecule has 0 atom stereocenters. The number of aromatic nitrogens is 2. The van der Waals surface area contributed by atoms with Crippen molar-refractivity contribution in [1.82, 2.24) is 15.1 Å². The first-order valence-electron chi connectivity index (χ1n) is 10.8. The summed E-state index contributed by atoms with van der Waals surface area (Å²) in [5.74, 6) is -0.190. The third-order valence-corrected chi connectivity index (χ3v) is 5.61. The SMILES string of the molecule is CC(C)Oc1ccc(-c2cc(-c3cccc4c3CCN(CCC(=O)O)C4)[nH]n2)cc1C#N. The highest BCUT2D eigenvalue weighted by molar-refractivity contribution is 5.72. The summed E-state index contributed by atoms with van der Waals surface area (Å²) in [5, 5.41) is 26.1. The first-order valence-corrected chi connectivity index (χ1v) is 10.8. The average Bonchev–Trinajstić information content (AvgIpc) is 3.27. The molecule has 0 bridgehead atoms. The molecule has 0 aliphatic carbocycles. The Morgan fingerprint density at radius 1 is 1.31 bits per heavy atom. The van der Waals surface area contributed by atoms with Gasteiger partial charge in [0.05, 0.1) is 29.5 Å². The number of nitriles is 1. The van der Waals surface area contributed by atoms with Crippen LogP contribution in [0.4, 0.5) is 0 Å². The Morgan fingerprint density at radius 2 is 2.16 bits per heavy atom. The van der Waals surface area contributed by atoms with Crippen LogP contribution in [0, 0.1) is 11.3 Å². The molecule has 2 N–H and O–H groups in total. The van der Waals surface area contributed by atoms with Gasteiger partial charge in [0.25, 0.3) is 0 Å². The molecule has 0 fully saturated rings. The van der Waals surface area contributed by atoms with Crippen LogP contribution >= 0.6 is 0 Å². The lowest BCUT2D eigenvalue weighted by Gasteiger charge is -2.29. The zero-order valence-electron chi connectivity index (χ0n) is 18.3. The molecule has 0 unspecified atom stereocenters. The van der Waals surface area contributed by atoms with E-state index in [9.17, 15) is 10.1 Å². The molecule has 1 aromatic heterocycles. The number of carboxylic acid groups (broad SMARTS) is 1. The van der Waals surface area contributed by atoms with Crippen LogP contribution in [0.1, 0.15) is 37.0 Å². The fourth-order valence-electron chi connectivity index (χ4n) is 4.11. The Hall–Kier alpha value is -3.63. The minimum atomic E-state index is -0.766. The van der Waals surface area contributed by atoms with Crippen molar-refractivity contribution in [2.45, 2.75) is 39.3 Å². The van der Waals surface area contributed by atoms with Crippen molar-refractivity contribution in [3.05, 3.63) is 59.2 Å². The number of hydrogen-bond donors (Lipinski definition) is 2. The third-order valence-electron chi connectivity index (χ3n) is 5.61. The van der Waals surface area contributed by atoms with Gasteiger partial charge in [-0.3, -0.25) is 14.8 Å². The lowest BCUT2D eigenvalue weighted by Crippen LogP contribution is -2.32. The molecule has 0 saturated heterocycles. The van der Waals surface area contributed by atoms with E-state index in [1.165, 1.54) is 11.1 Å². The van der Waals surface area contributed by atoms with E-state index in [0.29, 0.717) is 17.9 Å². The number of aliphatic carboxylic acids is 1. The molecule has 7 heteroatoms. The van der Waals surface area contributed by atoms with E-state index in [2.05, 4.69) is 33.3 Å². The first kappa shape index (κ1) is 21.6. The van der Waals surface area contributed by atoms with Crippen molar-refractivity contribution in [2.24, 2.45) is 0 Å². The van der Waals surface area contributed by atoms with Gasteiger partial charge in [0.15, 0.2) is 0 Å². The van der Waals surface area contributed by atoms with Crippen LogP contribution in [-0.4, -0.2) is 45.4 Å². The molecular weight excluding hydrogens is 404 g/mol. The number of ether oxygens (including phenoxy) is 1. The largest absolute Gasteiger partial charge is 0.490 e. The first-order chi connectivity index (χ1) is 15.4. The number of hydrogen-bond acceptors (Lipinski definition) is 5. The normalized spacial score (nSPS) is 13.6. The highest BCUT2D eigenvalue weighted by atomic mass is 16.5. The van der Waals surface area contributed by atoms with Gasteiger partial charge >= 0.3 is 5.97 Å². The zero-order valence-corrected chi connectivity index (χ0v) is 18.3. The lowest BCUT2D eigenvalue weighted by molar-refractivity contribution is -0.137. The maximum atomic E-state index is 10.9. The van der Waals surface area contributed by atoms with Crippen molar-refractivity contribution < 1.29 is 14.6 Å². The molecule has 1 aliphatic heterocycles. The summed E-state index contributed by atoms with van der Waals surface area (Å²) in [6.45, 7) is 6.01. The van der Waals surface area contributed by atoms with Crippen molar-refractivity contribution in [1.29, 1.82) is 5.26 Å². The number of rotatable bonds is 7. The van der Waals surface area contributed by atoms with E-state index in [0.717, 1.165) is 42.0 Å². The molecule has 2 aromatic carbocycles. The van der Waals surface area contributed by atoms with Gasteiger partial charge in [-0.2, -0.15) is 10.4 Å². The van der Waals surface area contributed by atoms with Crippen LogP contribution < -0.4 is 4.74 Å². The lowest BCUT2D eigenvalue weighted by atomic mass is 9.92. The second-order valence-corrected chi connectivity index (χ2v) is 8.27. The maximum absolute atomic E-state index is 10.9. The number of carboxylic acids is 1. The summed E-state index contributed by atoms with van der Waals surface area (Å²) in [5.41, 5.74) is 6.63. The molecule has 164 valence electrons. The van der Waals surface area contributed by atoms with Gasteiger partial charge in [0.1, 0.15) is 11.8 Å². The highest BCUT2D eigenvalue weighted by Gasteiger charge is 2.21. The molecule has 32 heavy (non-hydrogen) atoms. The molecule has 1 aliphatic rings. The monoisotopic (exact) mass is 430 g/mol. The van der Waals surface area contributed by atoms with E-state index in [1.807, 2.05) is 38.1 Å². The minimum Gasteiger partial charge on any atom is -0.490 e. The predicted octanol–water partition coefficient (Wildman–Crippen LogP) is 4.24. The van der Waals surface area contributed by atoms with Crippen molar-refractivity contribution in [3.8, 4) is 34.3 Å². The van der Waals surface area contributed by atoms with Crippen LogP contribution in [0.3, 0.4) is 0 Å². The summed E-state index contributed by atoms with van der Waals surface area (Å²) in [7, 11) is 0. The number of H-pyrrole nitrogens is 1. The van der Waals surface area contributed by atoms with E-state index in [1.54, 1.807) is 6.07 Å². The van der Waals surface area contributed by atoms with Gasteiger partial charge in [-0.05, 0) is 55.7 Å². The van der Waals surface area contributed by atoms with Gasteiger partial charge in [-0.1, -0.05) is 18.2 Å². The molecule has 0 amide bonds. The Bertz CT molecular complexity index is 1180. The maximum Gasteiger partial charge on any atom is 0.304 e. The summed E-state index contributed by atoms with van der Waals surface area (Å²) in [4.78, 5) is 13.1. The van der Waals surface area contributed by atoms with Crippen molar-refractivity contribution in [2.75, 3.05) is 13.1 Å². The fourth-order valence-corrected chi connectivity index (χ4v) is 4.11. The smallest absolute Gasteiger partial charge is 0.304 e. The number of nitrogens with one attached hydrogen (secondary N) is 1. The van der Waals surface area contributed by atoms with E-state index in [4.69, 9.17) is 9.84 Å². The number of aromatic amines is 1. The van der Waals surface area contributed by atoms with Crippen LogP contribution in [0.5, 0.6) is 5.75 Å². The highest BCUT2D eigenvalue weighted by Crippen LogP contribution is 2.32. The van der Waals surface area contributed by atoms with Gasteiger partial charge in [-0.15, -0.1) is 0 Å². The van der Waals surface area contributed by atoms with E-state index < -0.39 is 5.97 Å². The molecule has 2 heterocycles. The molecule has 4 rings (SSSR count). The van der Waals surface area contributed by atoms with Crippen LogP contribution in [-0.2, 0) is 17.8 Å². The summed E-state index contributed by atoms with van der Waals surface area (Å²) >= 11 is 0. The average molecular weight is 431 g/mol. The Morgan fingerprint density at radius 3 is 2.91 bits per heavy atom. The quantitative estimate of drug-likeness (QED) is 0.581. The van der Waals surface area contributed by atoms with Gasteiger partial charge in [0, 0.05) is 30.8 Å². The van der Waals surface area contributed by atoms with Crippen molar-refractivity contribution >= 4 is 5.97 Å². The Balaban J connectivity index is 1.58. The number of fused-ring (bicyclic) bond motifs is 1. The van der Waals surface area contributed by atoms with Gasteiger partial charge in [0.2, 0.25) is 0 Å². The summed E-state index contributed by atoms with van der Waals surface area (Å²) in [6.07, 6.45) is 1.01. The number of benzene rings is 2. The van der Waals surface area contributed by atoms with Gasteiger partial charge < -0.3 is 9.84 Å². The molecule has 7 nitrogen and oxygen atoms in total. The third kappa shape index (κ3) is 4.66. The molecule has 3 aromatic rings. The second kappa shape index (κ2) is 9.25. The molecule has 0 spiro atoms. The van der Waals surface area contributed by atoms with Crippen LogP contribution in [0.25, 0.3) is 22.5 Å². The number of carbonyl (C=O) groups is 1. The zero-order chi connectivity index (χ0) is 22.7. The summed E-state index contributed by atoms with van der Waals surface area (Å²) in [6, 6.07) is 16.0. The van der Waals surface area contributed by atoms with Crippen LogP contribution in [0.2, 0.25) is 0 Å². The predicted molar refractivity (Wildman–Crippen MR) is 121 cm³/mol. The molecular formula is C25H26N4O3. The standard InChI is InChI=1S/C25H26N4O3/c1-16(2)32-24-7-6-17(12-19(24)14-26)22-13-23(28-27-22)21-5-3-4-18-15-29(10-8-20(18)21)11-9-25(30)31/h3-7,12-13,16H,8-11,15H2,1-2H3,(H,27,28)(H,30,31). The van der Waals surface area contributed by atoms with Crippen LogP contribution in [0.15, 0.2) is 42.5 Å². The van der Waals surface area contributed by atoms with Gasteiger partial charge in [-0.25, -0.2) is 0 Å².